The summed E-state index contributed by atoms with van der Waals surface area (Å²) < 4.78 is 0.259. The van der Waals surface area contributed by atoms with E-state index in [0.717, 1.165) is 25.7 Å². The van der Waals surface area contributed by atoms with Crippen molar-refractivity contribution < 1.29 is 34.2 Å². The molecule has 0 heterocycles. The fourth-order valence-electron chi connectivity index (χ4n) is 4.01. The minimum Gasteiger partial charge on any atom is -0.481 e. The Morgan fingerprint density at radius 2 is 0.938 bits per heavy atom. The van der Waals surface area contributed by atoms with Gasteiger partial charge in [-0.25, -0.2) is 0 Å². The van der Waals surface area contributed by atoms with Gasteiger partial charge < -0.3 is 19.8 Å². The van der Waals surface area contributed by atoms with Gasteiger partial charge in [0.2, 0.25) is 0 Å². The molecule has 32 heavy (non-hydrogen) atoms. The summed E-state index contributed by atoms with van der Waals surface area (Å²) in [5.41, 5.74) is 0. The summed E-state index contributed by atoms with van der Waals surface area (Å²) in [7, 11) is 0. The highest BCUT2D eigenvalue weighted by molar-refractivity contribution is 5.67. The molecule has 0 aliphatic heterocycles. The first kappa shape index (κ1) is 30.1. The predicted octanol–water partition coefficient (Wildman–Crippen LogP) is 5.48. The zero-order chi connectivity index (χ0) is 24.1. The summed E-state index contributed by atoms with van der Waals surface area (Å²) in [4.78, 5) is 33.2. The highest BCUT2D eigenvalue weighted by Crippen LogP contribution is 2.17. The second-order valence-electron chi connectivity index (χ2n) is 8.90. The summed E-state index contributed by atoms with van der Waals surface area (Å²) in [6.45, 7) is 3.69. The lowest BCUT2D eigenvalue weighted by atomic mass is 10.1. The summed E-state index contributed by atoms with van der Waals surface area (Å²) in [6.07, 6.45) is 18.4. The van der Waals surface area contributed by atoms with Crippen molar-refractivity contribution in [3.63, 3.8) is 0 Å². The molecule has 0 amide bonds. The van der Waals surface area contributed by atoms with Crippen LogP contribution in [0.1, 0.15) is 103 Å². The van der Waals surface area contributed by atoms with Crippen molar-refractivity contribution in [1.82, 2.24) is 0 Å². The molecule has 0 spiro atoms. The summed E-state index contributed by atoms with van der Waals surface area (Å²) in [5.74, 6) is -2.81. The van der Waals surface area contributed by atoms with Crippen molar-refractivity contribution in [2.24, 2.45) is 0 Å². The van der Waals surface area contributed by atoms with Crippen molar-refractivity contribution in [3.8, 4) is 0 Å². The number of carboxylic acid groups (broad SMARTS) is 3. The molecule has 0 aromatic heterocycles. The Bertz CT molecular complexity index is 501. The number of hydrogen-bond donors (Lipinski definition) is 3. The van der Waals surface area contributed by atoms with E-state index >= 15 is 0 Å². The largest absolute Gasteiger partial charge is 0.481 e. The molecule has 3 N–H and O–H groups in total. The van der Waals surface area contributed by atoms with Crippen LogP contribution in [0, 0.1) is 0 Å². The predicted molar refractivity (Wildman–Crippen MR) is 127 cm³/mol. The van der Waals surface area contributed by atoms with Crippen molar-refractivity contribution >= 4 is 17.9 Å². The Labute approximate surface area is 194 Å². The average molecular weight is 457 g/mol. The van der Waals surface area contributed by atoms with Gasteiger partial charge in [-0.2, -0.15) is 0 Å². The van der Waals surface area contributed by atoms with E-state index in [2.05, 4.69) is 19.1 Å². The van der Waals surface area contributed by atoms with Gasteiger partial charge in [0.1, 0.15) is 0 Å². The third kappa shape index (κ3) is 18.8. The molecule has 0 rings (SSSR count). The van der Waals surface area contributed by atoms with Crippen molar-refractivity contribution in [1.29, 1.82) is 0 Å². The molecule has 0 aliphatic rings. The molecule has 0 aliphatic carbocycles. The van der Waals surface area contributed by atoms with Crippen LogP contribution in [0.5, 0.6) is 0 Å². The molecule has 0 bridgehead atoms. The van der Waals surface area contributed by atoms with E-state index < -0.39 is 17.9 Å². The Morgan fingerprint density at radius 1 is 0.562 bits per heavy atom. The lowest BCUT2D eigenvalue weighted by Crippen LogP contribution is -2.52. The van der Waals surface area contributed by atoms with Gasteiger partial charge in [0.05, 0.1) is 45.4 Å². The van der Waals surface area contributed by atoms with Crippen LogP contribution in [0.25, 0.3) is 0 Å². The van der Waals surface area contributed by atoms with E-state index in [9.17, 15) is 14.4 Å². The fourth-order valence-corrected chi connectivity index (χ4v) is 4.01. The number of hydrogen-bond acceptors (Lipinski definition) is 3. The first-order valence-corrected chi connectivity index (χ1v) is 12.5. The maximum atomic E-state index is 11.1. The van der Waals surface area contributed by atoms with Gasteiger partial charge in [0, 0.05) is 0 Å². The van der Waals surface area contributed by atoms with Gasteiger partial charge in [0.15, 0.2) is 0 Å². The van der Waals surface area contributed by atoms with Crippen LogP contribution in [-0.2, 0) is 14.4 Å². The number of allylic oxidation sites excluding steroid dienone is 2. The van der Waals surface area contributed by atoms with E-state index in [0.29, 0.717) is 6.54 Å². The molecule has 0 saturated heterocycles. The molecule has 0 radical (unpaired) electrons. The molecule has 0 saturated carbocycles. The minimum absolute atomic E-state index is 0.0771. The second kappa shape index (κ2) is 19.8. The van der Waals surface area contributed by atoms with E-state index in [4.69, 9.17) is 15.3 Å². The van der Waals surface area contributed by atoms with Crippen LogP contribution in [0.2, 0.25) is 0 Å². The van der Waals surface area contributed by atoms with Crippen molar-refractivity contribution in [3.05, 3.63) is 12.2 Å². The molecule has 7 nitrogen and oxygen atoms in total. The van der Waals surface area contributed by atoms with Gasteiger partial charge in [0.25, 0.3) is 0 Å². The maximum Gasteiger partial charge on any atom is 0.309 e. The molecule has 0 unspecified atom stereocenters. The van der Waals surface area contributed by atoms with Gasteiger partial charge in [-0.3, -0.25) is 14.4 Å². The highest BCUT2D eigenvalue weighted by atomic mass is 16.4. The number of carbonyl (C=O) groups is 3. The molecule has 0 aromatic carbocycles. The number of aliphatic carboxylic acids is 3. The van der Waals surface area contributed by atoms with E-state index in [1.165, 1.54) is 51.4 Å². The van der Waals surface area contributed by atoms with Crippen LogP contribution < -0.4 is 0 Å². The van der Waals surface area contributed by atoms with Gasteiger partial charge in [-0.1, -0.05) is 57.6 Å². The number of rotatable bonds is 23. The standard InChI is InChI=1S/C25H45NO6/c1-2-3-4-5-6-7-8-9-10-11-12-13-14-15-19-26(20-16-23(27)28,21-17-24(29)30)22-18-25(31)32/h6-7H,2-5,8-22H2,1H3,(H2-,27,28,29,30,31,32)/p+1/b7-6+. The van der Waals surface area contributed by atoms with E-state index in [1.54, 1.807) is 0 Å². The highest BCUT2D eigenvalue weighted by Gasteiger charge is 2.29. The van der Waals surface area contributed by atoms with Crippen LogP contribution in [0.3, 0.4) is 0 Å². The zero-order valence-corrected chi connectivity index (χ0v) is 20.1. The smallest absolute Gasteiger partial charge is 0.309 e. The monoisotopic (exact) mass is 456 g/mol. The summed E-state index contributed by atoms with van der Waals surface area (Å²) >= 11 is 0. The van der Waals surface area contributed by atoms with Crippen molar-refractivity contribution in [2.45, 2.75) is 103 Å². The first-order valence-electron chi connectivity index (χ1n) is 12.5. The normalized spacial score (nSPS) is 11.8. The topological polar surface area (TPSA) is 112 Å². The Hall–Kier alpha value is -1.89. The van der Waals surface area contributed by atoms with Crippen LogP contribution in [0.15, 0.2) is 12.2 Å². The lowest BCUT2D eigenvalue weighted by Gasteiger charge is -2.38. The molecular formula is C25H46NO6+. The van der Waals surface area contributed by atoms with Gasteiger partial charge in [-0.05, 0) is 38.5 Å². The van der Waals surface area contributed by atoms with Gasteiger partial charge in [-0.15, -0.1) is 0 Å². The molecule has 0 fully saturated rings. The second-order valence-corrected chi connectivity index (χ2v) is 8.90. The van der Waals surface area contributed by atoms with E-state index in [1.807, 2.05) is 0 Å². The molecule has 7 heteroatoms. The maximum absolute atomic E-state index is 11.1. The zero-order valence-electron chi connectivity index (χ0n) is 20.1. The lowest BCUT2D eigenvalue weighted by molar-refractivity contribution is -0.927. The number of quaternary nitrogens is 1. The molecule has 0 atom stereocenters. The van der Waals surface area contributed by atoms with Crippen molar-refractivity contribution in [2.75, 3.05) is 26.2 Å². The first-order chi connectivity index (χ1) is 15.3. The quantitative estimate of drug-likeness (QED) is 0.107. The Balaban J connectivity index is 4.23. The van der Waals surface area contributed by atoms with Crippen LogP contribution in [0.4, 0.5) is 0 Å². The summed E-state index contributed by atoms with van der Waals surface area (Å²) in [6, 6.07) is 0. The molecule has 186 valence electrons. The van der Waals surface area contributed by atoms with Crippen LogP contribution >= 0.6 is 0 Å². The Kier molecular flexibility index (Phi) is 18.6. The Morgan fingerprint density at radius 3 is 1.34 bits per heavy atom. The summed E-state index contributed by atoms with van der Waals surface area (Å²) in [5, 5.41) is 27.2. The number of unbranched alkanes of at least 4 members (excludes halogenated alkanes) is 10. The third-order valence-electron chi connectivity index (χ3n) is 6.04. The minimum atomic E-state index is -0.936. The fraction of sp³-hybridized carbons (Fsp3) is 0.800. The van der Waals surface area contributed by atoms with Crippen LogP contribution in [-0.4, -0.2) is 63.9 Å². The number of carboxylic acids is 3. The average Bonchev–Trinajstić information content (AvgIpc) is 2.74. The SMILES string of the molecule is CCCCC/C=C/CCCCCCCCC[N+](CCC(=O)O)(CCC(=O)O)CCC(=O)O. The number of nitrogens with zero attached hydrogens (tertiary/aromatic N) is 1. The molecular weight excluding hydrogens is 410 g/mol. The van der Waals surface area contributed by atoms with E-state index in [-0.39, 0.29) is 43.4 Å². The molecule has 0 aromatic rings. The third-order valence-corrected chi connectivity index (χ3v) is 6.04. The van der Waals surface area contributed by atoms with Gasteiger partial charge >= 0.3 is 17.9 Å².